The van der Waals surface area contributed by atoms with E-state index >= 15 is 0 Å². The van der Waals surface area contributed by atoms with Crippen LogP contribution in [0.15, 0.2) is 47.7 Å². The van der Waals surface area contributed by atoms with Gasteiger partial charge in [0.25, 0.3) is 0 Å². The molecular weight excluding hydrogens is 284 g/mol. The van der Waals surface area contributed by atoms with Gasteiger partial charge in [-0.25, -0.2) is 0 Å². The summed E-state index contributed by atoms with van der Waals surface area (Å²) in [5.41, 5.74) is 4.86. The molecule has 1 aromatic rings. The number of carbonyl (C=O) groups excluding carboxylic acids is 1. The number of amides is 1. The van der Waals surface area contributed by atoms with Crippen LogP contribution in [-0.4, -0.2) is 19.5 Å². The second-order valence-corrected chi connectivity index (χ2v) is 6.94. The van der Waals surface area contributed by atoms with E-state index in [1.807, 2.05) is 7.05 Å². The van der Waals surface area contributed by atoms with E-state index in [0.717, 1.165) is 44.3 Å². The Morgan fingerprint density at radius 1 is 1.22 bits per heavy atom. The molecule has 23 heavy (non-hydrogen) atoms. The first-order valence-corrected chi connectivity index (χ1v) is 8.56. The number of rotatable bonds is 5. The Balaban J connectivity index is 1.81. The van der Waals surface area contributed by atoms with Gasteiger partial charge < -0.3 is 10.6 Å². The first kappa shape index (κ1) is 16.0. The lowest BCUT2D eigenvalue weighted by Crippen LogP contribution is -2.43. The Hall–Kier alpha value is -1.87. The molecule has 0 spiro atoms. The maximum atomic E-state index is 12.5. The van der Waals surface area contributed by atoms with Crippen molar-refractivity contribution in [3.8, 4) is 0 Å². The molecule has 0 saturated carbocycles. The molecule has 3 nitrogen and oxygen atoms in total. The molecule has 1 amide bonds. The van der Waals surface area contributed by atoms with Crippen molar-refractivity contribution in [3.05, 3.63) is 53.2 Å². The summed E-state index contributed by atoms with van der Waals surface area (Å²) >= 11 is 0. The summed E-state index contributed by atoms with van der Waals surface area (Å²) in [6, 6.07) is 10.6. The minimum atomic E-state index is -0.286. The quantitative estimate of drug-likeness (QED) is 0.815. The van der Waals surface area contributed by atoms with Gasteiger partial charge in [-0.15, -0.1) is 0 Å². The van der Waals surface area contributed by atoms with Crippen LogP contribution < -0.4 is 10.6 Å². The van der Waals surface area contributed by atoms with E-state index in [1.54, 1.807) is 0 Å². The summed E-state index contributed by atoms with van der Waals surface area (Å²) < 4.78 is 0. The Labute approximate surface area is 138 Å². The van der Waals surface area contributed by atoms with Crippen LogP contribution in [0.3, 0.4) is 0 Å². The van der Waals surface area contributed by atoms with Crippen LogP contribution in [0.4, 0.5) is 0 Å². The molecule has 1 unspecified atom stereocenters. The molecule has 2 aliphatic rings. The molecule has 1 aliphatic heterocycles. The number of benzene rings is 1. The third-order valence-electron chi connectivity index (χ3n) is 5.07. The average Bonchev–Trinajstić information content (AvgIpc) is 2.57. The molecule has 0 saturated heterocycles. The Morgan fingerprint density at radius 2 is 2.00 bits per heavy atom. The van der Waals surface area contributed by atoms with E-state index in [2.05, 4.69) is 54.0 Å². The highest BCUT2D eigenvalue weighted by atomic mass is 16.2. The minimum absolute atomic E-state index is 0.198. The number of nitrogens with one attached hydrogen (secondary N) is 2. The van der Waals surface area contributed by atoms with E-state index in [4.69, 9.17) is 0 Å². The fourth-order valence-electron chi connectivity index (χ4n) is 3.62. The maximum Gasteiger partial charge on any atom is 0.230 e. The highest BCUT2D eigenvalue weighted by Crippen LogP contribution is 2.41. The van der Waals surface area contributed by atoms with Crippen molar-refractivity contribution in [2.24, 2.45) is 5.41 Å². The zero-order valence-corrected chi connectivity index (χ0v) is 14.1. The SMILES string of the molecule is CNCCCC1(C)CC2=C(CCC(c3ccccc3)=C2)NC1=O. The van der Waals surface area contributed by atoms with Crippen molar-refractivity contribution >= 4 is 11.5 Å². The van der Waals surface area contributed by atoms with Crippen LogP contribution in [0.1, 0.15) is 44.6 Å². The van der Waals surface area contributed by atoms with Gasteiger partial charge in [-0.2, -0.15) is 0 Å². The van der Waals surface area contributed by atoms with Crippen LogP contribution in [0.25, 0.3) is 5.57 Å². The number of hydrogen-bond acceptors (Lipinski definition) is 2. The second-order valence-electron chi connectivity index (χ2n) is 6.94. The largest absolute Gasteiger partial charge is 0.329 e. The fraction of sp³-hybridized carbons (Fsp3) is 0.450. The summed E-state index contributed by atoms with van der Waals surface area (Å²) in [6.07, 6.45) is 7.05. The molecule has 3 rings (SSSR count). The molecule has 0 radical (unpaired) electrons. The van der Waals surface area contributed by atoms with E-state index in [9.17, 15) is 4.79 Å². The third kappa shape index (κ3) is 3.40. The van der Waals surface area contributed by atoms with Crippen LogP contribution in [0, 0.1) is 5.41 Å². The van der Waals surface area contributed by atoms with Crippen LogP contribution in [0.2, 0.25) is 0 Å². The topological polar surface area (TPSA) is 41.1 Å². The van der Waals surface area contributed by atoms with Crippen LogP contribution in [-0.2, 0) is 4.79 Å². The normalized spacial score (nSPS) is 24.1. The first-order valence-electron chi connectivity index (χ1n) is 8.56. The molecular formula is C20H26N2O. The fourth-order valence-corrected chi connectivity index (χ4v) is 3.62. The predicted octanol–water partition coefficient (Wildman–Crippen LogP) is 3.64. The molecule has 1 heterocycles. The Morgan fingerprint density at radius 3 is 2.74 bits per heavy atom. The first-order chi connectivity index (χ1) is 11.1. The average molecular weight is 310 g/mol. The van der Waals surface area contributed by atoms with Gasteiger partial charge in [0.1, 0.15) is 0 Å². The van der Waals surface area contributed by atoms with Gasteiger partial charge in [-0.1, -0.05) is 43.3 Å². The van der Waals surface area contributed by atoms with Gasteiger partial charge in [0.2, 0.25) is 5.91 Å². The lowest BCUT2D eigenvalue weighted by molar-refractivity contribution is -0.130. The van der Waals surface area contributed by atoms with Crippen molar-refractivity contribution in [3.63, 3.8) is 0 Å². The summed E-state index contributed by atoms with van der Waals surface area (Å²) in [7, 11) is 1.96. The number of hydrogen-bond donors (Lipinski definition) is 2. The molecule has 1 atom stereocenters. The van der Waals surface area contributed by atoms with Gasteiger partial charge >= 0.3 is 0 Å². The van der Waals surface area contributed by atoms with Crippen molar-refractivity contribution in [2.75, 3.05) is 13.6 Å². The van der Waals surface area contributed by atoms with Crippen LogP contribution in [0.5, 0.6) is 0 Å². The molecule has 0 fully saturated rings. The molecule has 3 heteroatoms. The van der Waals surface area contributed by atoms with Crippen molar-refractivity contribution in [1.82, 2.24) is 10.6 Å². The predicted molar refractivity (Wildman–Crippen MR) is 94.7 cm³/mol. The maximum absolute atomic E-state index is 12.5. The number of carbonyl (C=O) groups is 1. The smallest absolute Gasteiger partial charge is 0.230 e. The van der Waals surface area contributed by atoms with Crippen LogP contribution >= 0.6 is 0 Å². The van der Waals surface area contributed by atoms with Gasteiger partial charge in [0.05, 0.1) is 5.41 Å². The summed E-state index contributed by atoms with van der Waals surface area (Å²) in [6.45, 7) is 3.06. The summed E-state index contributed by atoms with van der Waals surface area (Å²) in [5, 5.41) is 6.35. The van der Waals surface area contributed by atoms with Crippen molar-refractivity contribution in [2.45, 2.75) is 39.0 Å². The van der Waals surface area contributed by atoms with E-state index < -0.39 is 0 Å². The highest BCUT2D eigenvalue weighted by Gasteiger charge is 2.38. The standard InChI is InChI=1S/C20H26N2O/c1-20(11-6-12-21-2)14-17-13-16(15-7-4-3-5-8-15)9-10-18(17)22-19(20)23/h3-5,7-8,13,21H,6,9-12,14H2,1-2H3,(H,22,23). The lowest BCUT2D eigenvalue weighted by atomic mass is 9.73. The second kappa shape index (κ2) is 6.71. The van der Waals surface area contributed by atoms with Crippen molar-refractivity contribution in [1.29, 1.82) is 0 Å². The van der Waals surface area contributed by atoms with Gasteiger partial charge in [-0.3, -0.25) is 4.79 Å². The zero-order valence-electron chi connectivity index (χ0n) is 14.1. The van der Waals surface area contributed by atoms with Gasteiger partial charge in [-0.05, 0) is 62.4 Å². The molecule has 1 aliphatic carbocycles. The van der Waals surface area contributed by atoms with Gasteiger partial charge in [0, 0.05) is 5.70 Å². The van der Waals surface area contributed by atoms with Crippen molar-refractivity contribution < 1.29 is 4.79 Å². The summed E-state index contributed by atoms with van der Waals surface area (Å²) in [5.74, 6) is 0.198. The molecule has 122 valence electrons. The third-order valence-corrected chi connectivity index (χ3v) is 5.07. The minimum Gasteiger partial charge on any atom is -0.329 e. The van der Waals surface area contributed by atoms with E-state index in [0.29, 0.717) is 0 Å². The highest BCUT2D eigenvalue weighted by molar-refractivity contribution is 5.87. The van der Waals surface area contributed by atoms with Gasteiger partial charge in [0.15, 0.2) is 0 Å². The van der Waals surface area contributed by atoms with E-state index in [-0.39, 0.29) is 11.3 Å². The monoisotopic (exact) mass is 310 g/mol. The molecule has 0 bridgehead atoms. The zero-order chi connectivity index (χ0) is 16.3. The number of allylic oxidation sites excluding steroid dienone is 4. The Bertz CT molecular complexity index is 645. The lowest BCUT2D eigenvalue weighted by Gasteiger charge is -2.36. The molecule has 2 N–H and O–H groups in total. The molecule has 1 aromatic carbocycles. The summed E-state index contributed by atoms with van der Waals surface area (Å²) in [4.78, 5) is 12.5. The molecule has 0 aromatic heterocycles. The Kier molecular flexibility index (Phi) is 4.67. The van der Waals surface area contributed by atoms with E-state index in [1.165, 1.54) is 16.7 Å².